The van der Waals surface area contributed by atoms with Crippen LogP contribution in [0.3, 0.4) is 0 Å². The number of nitrogens with zero attached hydrogens (tertiary/aromatic N) is 2. The predicted octanol–water partition coefficient (Wildman–Crippen LogP) is 2.27. The van der Waals surface area contributed by atoms with Crippen LogP contribution in [0.4, 0.5) is 0 Å². The summed E-state index contributed by atoms with van der Waals surface area (Å²) in [5.74, 6) is 0. The van der Waals surface area contributed by atoms with Crippen LogP contribution < -0.4 is 10.1 Å². The van der Waals surface area contributed by atoms with Crippen LogP contribution in [0.1, 0.15) is 17.0 Å². The fourth-order valence-electron chi connectivity index (χ4n) is 1.60. The molecule has 0 saturated heterocycles. The van der Waals surface area contributed by atoms with E-state index in [2.05, 4.69) is 39.8 Å². The van der Waals surface area contributed by atoms with Crippen molar-refractivity contribution in [2.45, 2.75) is 19.4 Å². The summed E-state index contributed by atoms with van der Waals surface area (Å²) in [7, 11) is 1.89. The molecule has 1 aromatic heterocycles. The van der Waals surface area contributed by atoms with Gasteiger partial charge in [-0.25, -0.2) is 0 Å². The van der Waals surface area contributed by atoms with Crippen LogP contribution in [-0.4, -0.2) is 23.9 Å². The third kappa shape index (κ3) is 4.09. The van der Waals surface area contributed by atoms with Gasteiger partial charge in [0, 0.05) is 6.54 Å². The minimum Gasteiger partial charge on any atom is -0.469 e. The van der Waals surface area contributed by atoms with E-state index < -0.39 is 0 Å². The Labute approximate surface area is 111 Å². The highest BCUT2D eigenvalue weighted by molar-refractivity contribution is 7.13. The van der Waals surface area contributed by atoms with E-state index in [-0.39, 0.29) is 0 Å². The smallest absolute Gasteiger partial charge is 0.294 e. The Morgan fingerprint density at radius 3 is 2.83 bits per heavy atom. The van der Waals surface area contributed by atoms with Crippen molar-refractivity contribution in [3.63, 3.8) is 0 Å². The van der Waals surface area contributed by atoms with Crippen molar-refractivity contribution < 1.29 is 4.74 Å². The van der Waals surface area contributed by atoms with E-state index >= 15 is 0 Å². The molecule has 96 valence electrons. The van der Waals surface area contributed by atoms with Gasteiger partial charge in [-0.3, -0.25) is 0 Å². The van der Waals surface area contributed by atoms with Crippen molar-refractivity contribution in [2.75, 3.05) is 13.7 Å². The van der Waals surface area contributed by atoms with E-state index in [4.69, 9.17) is 4.74 Å². The Kier molecular flexibility index (Phi) is 5.11. The Bertz CT molecular complexity index is 458. The lowest BCUT2D eigenvalue weighted by molar-refractivity contribution is 0.307. The number of aryl methyl sites for hydroxylation is 1. The minimum atomic E-state index is 0.660. The topological polar surface area (TPSA) is 47.0 Å². The van der Waals surface area contributed by atoms with E-state index in [1.165, 1.54) is 16.9 Å². The fourth-order valence-corrected chi connectivity index (χ4v) is 2.32. The number of ether oxygens (including phenoxy) is 1. The Morgan fingerprint density at radius 1 is 1.22 bits per heavy atom. The molecular weight excluding hydrogens is 246 g/mol. The van der Waals surface area contributed by atoms with Gasteiger partial charge < -0.3 is 10.1 Å². The van der Waals surface area contributed by atoms with Gasteiger partial charge in [0.1, 0.15) is 5.01 Å². The first-order chi connectivity index (χ1) is 8.88. The molecule has 0 bridgehead atoms. The van der Waals surface area contributed by atoms with E-state index in [0.717, 1.165) is 24.4 Å². The molecule has 0 saturated carbocycles. The summed E-state index contributed by atoms with van der Waals surface area (Å²) in [6.07, 6.45) is 2.02. The highest BCUT2D eigenvalue weighted by Gasteiger charge is 2.03. The summed E-state index contributed by atoms with van der Waals surface area (Å²) < 4.78 is 5.57. The summed E-state index contributed by atoms with van der Waals surface area (Å²) in [6, 6.07) is 10.4. The third-order valence-electron chi connectivity index (χ3n) is 2.45. The number of nitrogens with one attached hydrogen (secondary N) is 1. The van der Waals surface area contributed by atoms with Crippen LogP contribution >= 0.6 is 11.3 Å². The van der Waals surface area contributed by atoms with Gasteiger partial charge in [-0.15, -0.1) is 10.2 Å². The first-order valence-corrected chi connectivity index (χ1v) is 6.84. The Hall–Kier alpha value is -1.46. The zero-order valence-electron chi connectivity index (χ0n) is 10.4. The van der Waals surface area contributed by atoms with Crippen molar-refractivity contribution in [2.24, 2.45) is 0 Å². The van der Waals surface area contributed by atoms with Gasteiger partial charge in [0.15, 0.2) is 0 Å². The number of benzene rings is 1. The number of hydrogen-bond acceptors (Lipinski definition) is 5. The number of aromatic nitrogens is 2. The second kappa shape index (κ2) is 7.08. The molecule has 0 spiro atoms. The average molecular weight is 263 g/mol. The first-order valence-electron chi connectivity index (χ1n) is 6.02. The van der Waals surface area contributed by atoms with Crippen LogP contribution in [0.2, 0.25) is 0 Å². The second-order valence-corrected chi connectivity index (χ2v) is 4.95. The van der Waals surface area contributed by atoms with Crippen LogP contribution in [0.5, 0.6) is 5.19 Å². The molecule has 0 radical (unpaired) electrons. The maximum atomic E-state index is 5.57. The van der Waals surface area contributed by atoms with E-state index in [9.17, 15) is 0 Å². The standard InChI is InChI=1S/C13H17N3OS/c1-14-10-12-15-16-13(18-12)17-9-5-8-11-6-3-2-4-7-11/h2-4,6-7,14H,5,8-10H2,1H3. The van der Waals surface area contributed by atoms with Gasteiger partial charge in [0.2, 0.25) is 0 Å². The third-order valence-corrected chi connectivity index (χ3v) is 3.29. The molecule has 1 N–H and O–H groups in total. The minimum absolute atomic E-state index is 0.660. The molecule has 0 aliphatic carbocycles. The van der Waals surface area contributed by atoms with Crippen molar-refractivity contribution in [3.8, 4) is 5.19 Å². The van der Waals surface area contributed by atoms with Crippen LogP contribution in [0, 0.1) is 0 Å². The summed E-state index contributed by atoms with van der Waals surface area (Å²) in [5, 5.41) is 12.7. The monoisotopic (exact) mass is 263 g/mol. The van der Waals surface area contributed by atoms with Gasteiger partial charge in [-0.1, -0.05) is 41.7 Å². The lowest BCUT2D eigenvalue weighted by atomic mass is 10.1. The molecule has 0 fully saturated rings. The van der Waals surface area contributed by atoms with E-state index in [0.29, 0.717) is 11.8 Å². The molecule has 0 aliphatic rings. The summed E-state index contributed by atoms with van der Waals surface area (Å²) in [6.45, 7) is 1.42. The summed E-state index contributed by atoms with van der Waals surface area (Å²) in [5.41, 5.74) is 1.34. The molecule has 0 atom stereocenters. The van der Waals surface area contributed by atoms with Gasteiger partial charge in [0.05, 0.1) is 6.61 Å². The summed E-state index contributed by atoms with van der Waals surface area (Å²) in [4.78, 5) is 0. The molecule has 0 unspecified atom stereocenters. The fraction of sp³-hybridized carbons (Fsp3) is 0.385. The Balaban J connectivity index is 1.68. The molecular formula is C13H17N3OS. The van der Waals surface area contributed by atoms with Crippen LogP contribution in [0.25, 0.3) is 0 Å². The maximum Gasteiger partial charge on any atom is 0.294 e. The second-order valence-electron chi connectivity index (χ2n) is 3.93. The molecule has 0 amide bonds. The lowest BCUT2D eigenvalue weighted by Gasteiger charge is -2.02. The van der Waals surface area contributed by atoms with Crippen LogP contribution in [-0.2, 0) is 13.0 Å². The zero-order chi connectivity index (χ0) is 12.6. The highest BCUT2D eigenvalue weighted by Crippen LogP contribution is 2.17. The predicted molar refractivity (Wildman–Crippen MR) is 72.9 cm³/mol. The van der Waals surface area contributed by atoms with E-state index in [1.54, 1.807) is 0 Å². The van der Waals surface area contributed by atoms with Crippen molar-refractivity contribution in [1.82, 2.24) is 15.5 Å². The molecule has 5 heteroatoms. The molecule has 0 aliphatic heterocycles. The molecule has 1 aromatic carbocycles. The molecule has 2 aromatic rings. The van der Waals surface area contributed by atoms with Crippen LogP contribution in [0.15, 0.2) is 30.3 Å². The average Bonchev–Trinajstić information content (AvgIpc) is 2.84. The van der Waals surface area contributed by atoms with E-state index in [1.807, 2.05) is 13.1 Å². The normalized spacial score (nSPS) is 10.5. The lowest BCUT2D eigenvalue weighted by Crippen LogP contribution is -2.04. The Morgan fingerprint density at radius 2 is 2.06 bits per heavy atom. The van der Waals surface area contributed by atoms with Crippen molar-refractivity contribution in [1.29, 1.82) is 0 Å². The van der Waals surface area contributed by atoms with Gasteiger partial charge in [0.25, 0.3) is 5.19 Å². The largest absolute Gasteiger partial charge is 0.469 e. The number of hydrogen-bond donors (Lipinski definition) is 1. The number of rotatable bonds is 7. The maximum absolute atomic E-state index is 5.57. The molecule has 18 heavy (non-hydrogen) atoms. The highest BCUT2D eigenvalue weighted by atomic mass is 32.1. The first kappa shape index (κ1) is 13.0. The van der Waals surface area contributed by atoms with Crippen molar-refractivity contribution in [3.05, 3.63) is 40.9 Å². The SMILES string of the molecule is CNCc1nnc(OCCCc2ccccc2)s1. The quantitative estimate of drug-likeness (QED) is 0.778. The van der Waals surface area contributed by atoms with Crippen molar-refractivity contribution >= 4 is 11.3 Å². The molecule has 2 rings (SSSR count). The van der Waals surface area contributed by atoms with Gasteiger partial charge >= 0.3 is 0 Å². The summed E-state index contributed by atoms with van der Waals surface area (Å²) >= 11 is 1.50. The molecule has 4 nitrogen and oxygen atoms in total. The zero-order valence-corrected chi connectivity index (χ0v) is 11.2. The van der Waals surface area contributed by atoms with Gasteiger partial charge in [-0.2, -0.15) is 0 Å². The molecule has 1 heterocycles. The van der Waals surface area contributed by atoms with Gasteiger partial charge in [-0.05, 0) is 25.5 Å².